The minimum Gasteiger partial charge on any atom is -0.349 e. The highest BCUT2D eigenvalue weighted by Crippen LogP contribution is 2.12. The van der Waals surface area contributed by atoms with Crippen LogP contribution in [0, 0.1) is 6.92 Å². The van der Waals surface area contributed by atoms with E-state index in [1.807, 2.05) is 50.2 Å². The normalized spacial score (nSPS) is 11.9. The summed E-state index contributed by atoms with van der Waals surface area (Å²) in [4.78, 5) is 16.0. The Morgan fingerprint density at radius 2 is 1.89 bits per heavy atom. The molecule has 2 rings (SSSR count). The Hall–Kier alpha value is -2.16. The summed E-state index contributed by atoms with van der Waals surface area (Å²) in [5.74, 6) is 0.0404. The van der Waals surface area contributed by atoms with Crippen molar-refractivity contribution in [1.29, 1.82) is 0 Å². The van der Waals surface area contributed by atoms with Crippen molar-refractivity contribution < 1.29 is 4.79 Å². The number of amides is 1. The van der Waals surface area contributed by atoms with Crippen molar-refractivity contribution >= 4 is 5.91 Å². The third-order valence-corrected chi connectivity index (χ3v) is 3.20. The second kappa shape index (κ2) is 6.14. The Kier molecular flexibility index (Phi) is 4.29. The number of aromatic nitrogens is 1. The van der Waals surface area contributed by atoms with Gasteiger partial charge in [-0.15, -0.1) is 0 Å². The van der Waals surface area contributed by atoms with Gasteiger partial charge >= 0.3 is 0 Å². The Bertz CT molecular complexity index is 552. The molecule has 0 aliphatic rings. The lowest BCUT2D eigenvalue weighted by molar-refractivity contribution is -0.121. The smallest absolute Gasteiger partial charge is 0.224 e. The van der Waals surface area contributed by atoms with Crippen LogP contribution in [0.5, 0.6) is 0 Å². The Morgan fingerprint density at radius 3 is 2.58 bits per heavy atom. The molecular weight excluding hydrogens is 236 g/mol. The number of carbonyl (C=O) groups excluding carboxylic acids is 1. The average molecular weight is 254 g/mol. The first kappa shape index (κ1) is 13.3. The largest absolute Gasteiger partial charge is 0.349 e. The minimum absolute atomic E-state index is 0.000446. The molecule has 1 amide bonds. The Balaban J connectivity index is 1.97. The third-order valence-electron chi connectivity index (χ3n) is 3.20. The van der Waals surface area contributed by atoms with E-state index < -0.39 is 0 Å². The summed E-state index contributed by atoms with van der Waals surface area (Å²) in [6.45, 7) is 4.00. The zero-order valence-electron chi connectivity index (χ0n) is 11.3. The standard InChI is InChI=1S/C16H18N2O/c1-12-5-3-4-6-15(12)11-16(19)18-13(2)14-7-9-17-10-8-14/h3-10,13H,11H2,1-2H3,(H,18,19). The maximum atomic E-state index is 12.0. The van der Waals surface area contributed by atoms with Gasteiger partial charge in [0, 0.05) is 12.4 Å². The maximum absolute atomic E-state index is 12.0. The molecule has 3 nitrogen and oxygen atoms in total. The summed E-state index contributed by atoms with van der Waals surface area (Å²) in [7, 11) is 0. The van der Waals surface area contributed by atoms with Crippen molar-refractivity contribution in [3.05, 3.63) is 65.5 Å². The van der Waals surface area contributed by atoms with Crippen molar-refractivity contribution in [2.45, 2.75) is 26.3 Å². The van der Waals surface area contributed by atoms with Crippen LogP contribution in [0.4, 0.5) is 0 Å². The summed E-state index contributed by atoms with van der Waals surface area (Å²) in [6.07, 6.45) is 3.89. The molecule has 0 aliphatic carbocycles. The van der Waals surface area contributed by atoms with E-state index in [2.05, 4.69) is 10.3 Å². The molecule has 1 unspecified atom stereocenters. The molecule has 0 saturated carbocycles. The van der Waals surface area contributed by atoms with Gasteiger partial charge in [-0.2, -0.15) is 0 Å². The summed E-state index contributed by atoms with van der Waals surface area (Å²) >= 11 is 0. The molecule has 0 spiro atoms. The van der Waals surface area contributed by atoms with Crippen molar-refractivity contribution in [2.24, 2.45) is 0 Å². The first-order valence-corrected chi connectivity index (χ1v) is 6.40. The summed E-state index contributed by atoms with van der Waals surface area (Å²) in [5.41, 5.74) is 3.28. The van der Waals surface area contributed by atoms with Crippen molar-refractivity contribution in [3.63, 3.8) is 0 Å². The van der Waals surface area contributed by atoms with Crippen LogP contribution < -0.4 is 5.32 Å². The fourth-order valence-corrected chi connectivity index (χ4v) is 2.01. The highest BCUT2D eigenvalue weighted by Gasteiger charge is 2.10. The molecule has 0 bridgehead atoms. The Morgan fingerprint density at radius 1 is 1.21 bits per heavy atom. The van der Waals surface area contributed by atoms with Crippen LogP contribution >= 0.6 is 0 Å². The number of carbonyl (C=O) groups is 1. The molecule has 1 heterocycles. The van der Waals surface area contributed by atoms with Crippen LogP contribution in [0.15, 0.2) is 48.8 Å². The highest BCUT2D eigenvalue weighted by molar-refractivity contribution is 5.79. The van der Waals surface area contributed by atoms with E-state index in [0.717, 1.165) is 16.7 Å². The van der Waals surface area contributed by atoms with Gasteiger partial charge in [0.25, 0.3) is 0 Å². The van der Waals surface area contributed by atoms with E-state index in [9.17, 15) is 4.79 Å². The van der Waals surface area contributed by atoms with Crippen LogP contribution in [0.25, 0.3) is 0 Å². The van der Waals surface area contributed by atoms with Crippen LogP contribution in [0.2, 0.25) is 0 Å². The van der Waals surface area contributed by atoms with Gasteiger partial charge in [-0.25, -0.2) is 0 Å². The highest BCUT2D eigenvalue weighted by atomic mass is 16.1. The van der Waals surface area contributed by atoms with Gasteiger partial charge in [-0.3, -0.25) is 9.78 Å². The fraction of sp³-hybridized carbons (Fsp3) is 0.250. The van der Waals surface area contributed by atoms with Gasteiger partial charge in [0.1, 0.15) is 0 Å². The quantitative estimate of drug-likeness (QED) is 0.911. The van der Waals surface area contributed by atoms with E-state index in [1.165, 1.54) is 0 Å². The third kappa shape index (κ3) is 3.65. The fourth-order valence-electron chi connectivity index (χ4n) is 2.01. The van der Waals surface area contributed by atoms with Gasteiger partial charge in [-0.1, -0.05) is 24.3 Å². The molecule has 1 aromatic heterocycles. The number of aryl methyl sites for hydroxylation is 1. The van der Waals surface area contributed by atoms with Gasteiger partial charge in [0.2, 0.25) is 5.91 Å². The number of rotatable bonds is 4. The number of benzene rings is 1. The molecule has 3 heteroatoms. The van der Waals surface area contributed by atoms with E-state index in [4.69, 9.17) is 0 Å². The molecule has 0 saturated heterocycles. The summed E-state index contributed by atoms with van der Waals surface area (Å²) < 4.78 is 0. The number of hydrogen-bond donors (Lipinski definition) is 1. The molecule has 2 aromatic rings. The summed E-state index contributed by atoms with van der Waals surface area (Å²) in [5, 5.41) is 3.01. The molecule has 98 valence electrons. The Labute approximate surface area is 113 Å². The molecule has 0 fully saturated rings. The zero-order valence-corrected chi connectivity index (χ0v) is 11.3. The minimum atomic E-state index is -0.000446. The topological polar surface area (TPSA) is 42.0 Å². The first-order valence-electron chi connectivity index (χ1n) is 6.40. The van der Waals surface area contributed by atoms with E-state index in [0.29, 0.717) is 6.42 Å². The first-order chi connectivity index (χ1) is 9.16. The molecule has 1 N–H and O–H groups in total. The number of nitrogens with zero attached hydrogens (tertiary/aromatic N) is 1. The molecular formula is C16H18N2O. The van der Waals surface area contributed by atoms with Crippen LogP contribution in [-0.2, 0) is 11.2 Å². The number of pyridine rings is 1. The van der Waals surface area contributed by atoms with Crippen LogP contribution in [0.1, 0.15) is 29.7 Å². The lowest BCUT2D eigenvalue weighted by Crippen LogP contribution is -2.28. The van der Waals surface area contributed by atoms with E-state index in [1.54, 1.807) is 12.4 Å². The number of nitrogens with one attached hydrogen (secondary N) is 1. The van der Waals surface area contributed by atoms with E-state index in [-0.39, 0.29) is 11.9 Å². The van der Waals surface area contributed by atoms with Crippen molar-refractivity contribution in [2.75, 3.05) is 0 Å². The molecule has 0 aliphatic heterocycles. The van der Waals surface area contributed by atoms with Gasteiger partial charge in [0.05, 0.1) is 12.5 Å². The molecule has 0 radical (unpaired) electrons. The van der Waals surface area contributed by atoms with Gasteiger partial charge < -0.3 is 5.32 Å². The van der Waals surface area contributed by atoms with Gasteiger partial charge in [-0.05, 0) is 42.7 Å². The maximum Gasteiger partial charge on any atom is 0.224 e. The van der Waals surface area contributed by atoms with E-state index >= 15 is 0 Å². The lowest BCUT2D eigenvalue weighted by Gasteiger charge is -2.14. The second-order valence-electron chi connectivity index (χ2n) is 4.67. The second-order valence-corrected chi connectivity index (χ2v) is 4.67. The predicted molar refractivity (Wildman–Crippen MR) is 75.7 cm³/mol. The van der Waals surface area contributed by atoms with Crippen molar-refractivity contribution in [1.82, 2.24) is 10.3 Å². The average Bonchev–Trinajstić information content (AvgIpc) is 2.42. The van der Waals surface area contributed by atoms with Gasteiger partial charge in [0.15, 0.2) is 0 Å². The monoisotopic (exact) mass is 254 g/mol. The SMILES string of the molecule is Cc1ccccc1CC(=O)NC(C)c1ccncc1. The van der Waals surface area contributed by atoms with Crippen LogP contribution in [0.3, 0.4) is 0 Å². The molecule has 1 atom stereocenters. The molecule has 1 aromatic carbocycles. The summed E-state index contributed by atoms with van der Waals surface area (Å²) in [6, 6.07) is 11.8. The lowest BCUT2D eigenvalue weighted by atomic mass is 10.0. The number of hydrogen-bond acceptors (Lipinski definition) is 2. The van der Waals surface area contributed by atoms with Crippen LogP contribution in [-0.4, -0.2) is 10.9 Å². The van der Waals surface area contributed by atoms with Crippen molar-refractivity contribution in [3.8, 4) is 0 Å². The zero-order chi connectivity index (χ0) is 13.7. The molecule has 19 heavy (non-hydrogen) atoms. The predicted octanol–water partition coefficient (Wildman–Crippen LogP) is 2.81.